The number of hydrogen-bond donors (Lipinski definition) is 1. The number of carbonyl (C=O) groups is 1. The molecule has 4 nitrogen and oxygen atoms in total. The van der Waals surface area contributed by atoms with Gasteiger partial charge in [-0.25, -0.2) is 0 Å². The van der Waals surface area contributed by atoms with E-state index in [9.17, 15) is 4.79 Å². The molecule has 3 aromatic rings. The van der Waals surface area contributed by atoms with Crippen LogP contribution in [0.5, 0.6) is 11.5 Å². The van der Waals surface area contributed by atoms with Crippen LogP contribution in [-0.2, 0) is 13.0 Å². The van der Waals surface area contributed by atoms with Gasteiger partial charge in [0.2, 0.25) is 0 Å². The minimum Gasteiger partial charge on any atom is -0.493 e. The number of hydrogen-bond acceptors (Lipinski definition) is 3. The molecule has 0 spiro atoms. The van der Waals surface area contributed by atoms with E-state index in [1.54, 1.807) is 6.07 Å². The maximum atomic E-state index is 12.7. The van der Waals surface area contributed by atoms with E-state index >= 15 is 0 Å². The Morgan fingerprint density at radius 2 is 1.64 bits per heavy atom. The zero-order chi connectivity index (χ0) is 19.8. The highest BCUT2D eigenvalue weighted by Crippen LogP contribution is 2.23. The van der Waals surface area contributed by atoms with E-state index in [1.807, 2.05) is 73.7 Å². The molecule has 0 aliphatic rings. The van der Waals surface area contributed by atoms with Crippen LogP contribution in [0.25, 0.3) is 0 Å². The molecule has 0 saturated heterocycles. The van der Waals surface area contributed by atoms with Crippen LogP contribution in [0.15, 0.2) is 72.8 Å². The van der Waals surface area contributed by atoms with Crippen molar-refractivity contribution in [2.45, 2.75) is 26.9 Å². The number of para-hydroxylation sites is 1. The summed E-state index contributed by atoms with van der Waals surface area (Å²) in [5, 5.41) is 2.94. The van der Waals surface area contributed by atoms with Gasteiger partial charge in [-0.15, -0.1) is 0 Å². The highest BCUT2D eigenvalue weighted by atomic mass is 16.5. The van der Waals surface area contributed by atoms with Gasteiger partial charge in [0.1, 0.15) is 18.1 Å². The lowest BCUT2D eigenvalue weighted by atomic mass is 10.1. The topological polar surface area (TPSA) is 47.6 Å². The van der Waals surface area contributed by atoms with Gasteiger partial charge in [0.15, 0.2) is 0 Å². The van der Waals surface area contributed by atoms with Crippen LogP contribution in [0, 0.1) is 0 Å². The maximum Gasteiger partial charge on any atom is 0.255 e. The van der Waals surface area contributed by atoms with Crippen LogP contribution in [0.2, 0.25) is 0 Å². The summed E-state index contributed by atoms with van der Waals surface area (Å²) >= 11 is 0. The van der Waals surface area contributed by atoms with Crippen molar-refractivity contribution < 1.29 is 14.3 Å². The summed E-state index contributed by atoms with van der Waals surface area (Å²) in [5.74, 6) is 1.34. The largest absolute Gasteiger partial charge is 0.493 e. The first-order chi connectivity index (χ1) is 13.7. The van der Waals surface area contributed by atoms with E-state index in [1.165, 1.54) is 5.56 Å². The van der Waals surface area contributed by atoms with Crippen molar-refractivity contribution in [3.8, 4) is 11.5 Å². The molecule has 3 aromatic carbocycles. The number of ether oxygens (including phenoxy) is 2. The third-order valence-corrected chi connectivity index (χ3v) is 4.38. The molecule has 0 aliphatic carbocycles. The van der Waals surface area contributed by atoms with Gasteiger partial charge in [0, 0.05) is 16.8 Å². The Morgan fingerprint density at radius 1 is 0.893 bits per heavy atom. The number of benzene rings is 3. The summed E-state index contributed by atoms with van der Waals surface area (Å²) in [6, 6.07) is 22.9. The van der Waals surface area contributed by atoms with Gasteiger partial charge in [-0.05, 0) is 61.4 Å². The van der Waals surface area contributed by atoms with E-state index in [0.29, 0.717) is 18.8 Å². The van der Waals surface area contributed by atoms with Gasteiger partial charge in [-0.2, -0.15) is 0 Å². The lowest BCUT2D eigenvalue weighted by Crippen LogP contribution is -2.13. The van der Waals surface area contributed by atoms with Gasteiger partial charge >= 0.3 is 0 Å². The molecule has 0 heterocycles. The third-order valence-electron chi connectivity index (χ3n) is 4.38. The minimum atomic E-state index is -0.159. The average Bonchev–Trinajstić information content (AvgIpc) is 2.74. The molecule has 3 rings (SSSR count). The molecule has 0 bridgehead atoms. The predicted molar refractivity (Wildman–Crippen MR) is 112 cm³/mol. The Morgan fingerprint density at radius 3 is 2.32 bits per heavy atom. The summed E-state index contributed by atoms with van der Waals surface area (Å²) in [7, 11) is 0. The van der Waals surface area contributed by atoms with Crippen LogP contribution in [-0.4, -0.2) is 12.5 Å². The molecule has 0 saturated carbocycles. The summed E-state index contributed by atoms with van der Waals surface area (Å²) in [4.78, 5) is 12.7. The summed E-state index contributed by atoms with van der Waals surface area (Å²) in [6.45, 7) is 4.91. The molecule has 0 aliphatic heterocycles. The molecule has 1 N–H and O–H groups in total. The SMILES string of the molecule is CCOc1ccc(C(=O)Nc2ccc(CC)cc2)cc1COc1ccccc1. The Balaban J connectivity index is 1.75. The highest BCUT2D eigenvalue weighted by molar-refractivity contribution is 6.04. The minimum absolute atomic E-state index is 0.159. The van der Waals surface area contributed by atoms with E-state index in [-0.39, 0.29) is 5.91 Å². The standard InChI is InChI=1S/C24H25NO3/c1-3-18-10-13-21(14-11-18)25-24(26)19-12-15-23(27-4-2)20(16-19)17-28-22-8-6-5-7-9-22/h5-16H,3-4,17H2,1-2H3,(H,25,26). The molecule has 0 aromatic heterocycles. The monoisotopic (exact) mass is 375 g/mol. The van der Waals surface area contributed by atoms with Crippen LogP contribution in [0.1, 0.15) is 35.3 Å². The molecular weight excluding hydrogens is 350 g/mol. The van der Waals surface area contributed by atoms with Crippen molar-refractivity contribution in [1.82, 2.24) is 0 Å². The van der Waals surface area contributed by atoms with Crippen molar-refractivity contribution in [1.29, 1.82) is 0 Å². The first kappa shape index (κ1) is 19.5. The first-order valence-corrected chi connectivity index (χ1v) is 9.53. The van der Waals surface area contributed by atoms with E-state index in [2.05, 4.69) is 12.2 Å². The smallest absolute Gasteiger partial charge is 0.255 e. The Hall–Kier alpha value is -3.27. The van der Waals surface area contributed by atoms with Crippen LogP contribution >= 0.6 is 0 Å². The summed E-state index contributed by atoms with van der Waals surface area (Å²) < 4.78 is 11.5. The molecule has 1 amide bonds. The molecule has 0 atom stereocenters. The number of anilines is 1. The number of rotatable bonds is 8. The lowest BCUT2D eigenvalue weighted by molar-refractivity contribution is 0.102. The first-order valence-electron chi connectivity index (χ1n) is 9.53. The second-order valence-corrected chi connectivity index (χ2v) is 6.36. The zero-order valence-electron chi connectivity index (χ0n) is 16.3. The summed E-state index contributed by atoms with van der Waals surface area (Å²) in [5.41, 5.74) is 3.41. The highest BCUT2D eigenvalue weighted by Gasteiger charge is 2.12. The number of carbonyl (C=O) groups excluding carboxylic acids is 1. The fourth-order valence-electron chi connectivity index (χ4n) is 2.83. The van der Waals surface area contributed by atoms with Gasteiger partial charge in [0.05, 0.1) is 6.61 Å². The Kier molecular flexibility index (Phi) is 6.68. The molecule has 0 radical (unpaired) electrons. The second kappa shape index (κ2) is 9.60. The fourth-order valence-corrected chi connectivity index (χ4v) is 2.83. The van der Waals surface area contributed by atoms with Gasteiger partial charge in [0.25, 0.3) is 5.91 Å². The van der Waals surface area contributed by atoms with Crippen molar-refractivity contribution in [2.75, 3.05) is 11.9 Å². The van der Waals surface area contributed by atoms with Crippen LogP contribution < -0.4 is 14.8 Å². The van der Waals surface area contributed by atoms with Crippen molar-refractivity contribution in [3.05, 3.63) is 89.5 Å². The van der Waals surface area contributed by atoms with Crippen molar-refractivity contribution in [3.63, 3.8) is 0 Å². The maximum absolute atomic E-state index is 12.7. The van der Waals surface area contributed by atoms with Gasteiger partial charge in [-0.3, -0.25) is 4.79 Å². The van der Waals surface area contributed by atoms with Crippen LogP contribution in [0.3, 0.4) is 0 Å². The number of amides is 1. The zero-order valence-corrected chi connectivity index (χ0v) is 16.3. The second-order valence-electron chi connectivity index (χ2n) is 6.36. The molecule has 144 valence electrons. The molecule has 0 fully saturated rings. The predicted octanol–water partition coefficient (Wildman–Crippen LogP) is 5.48. The molecule has 28 heavy (non-hydrogen) atoms. The number of nitrogens with one attached hydrogen (secondary N) is 1. The van der Waals surface area contributed by atoms with E-state index in [0.717, 1.165) is 29.2 Å². The fraction of sp³-hybridized carbons (Fsp3) is 0.208. The van der Waals surface area contributed by atoms with Gasteiger partial charge in [-0.1, -0.05) is 37.3 Å². The normalized spacial score (nSPS) is 10.4. The van der Waals surface area contributed by atoms with Crippen molar-refractivity contribution in [2.24, 2.45) is 0 Å². The molecule has 4 heteroatoms. The Bertz CT molecular complexity index is 905. The molecule has 0 unspecified atom stereocenters. The van der Waals surface area contributed by atoms with E-state index < -0.39 is 0 Å². The van der Waals surface area contributed by atoms with E-state index in [4.69, 9.17) is 9.47 Å². The van der Waals surface area contributed by atoms with Crippen molar-refractivity contribution >= 4 is 11.6 Å². The third kappa shape index (κ3) is 5.13. The summed E-state index contributed by atoms with van der Waals surface area (Å²) in [6.07, 6.45) is 0.970. The van der Waals surface area contributed by atoms with Crippen LogP contribution in [0.4, 0.5) is 5.69 Å². The lowest BCUT2D eigenvalue weighted by Gasteiger charge is -2.13. The quantitative estimate of drug-likeness (QED) is 0.567. The molecular formula is C24H25NO3. The van der Waals surface area contributed by atoms with Gasteiger partial charge < -0.3 is 14.8 Å². The average molecular weight is 375 g/mol. The Labute approximate surface area is 166 Å². The number of aryl methyl sites for hydroxylation is 1.